The lowest BCUT2D eigenvalue weighted by Crippen LogP contribution is -2.40. The molecule has 136 valence electrons. The number of carbonyl (C=O) groups is 1. The summed E-state index contributed by atoms with van der Waals surface area (Å²) in [5, 5.41) is 7.14. The Morgan fingerprint density at radius 1 is 1.40 bits per heavy atom. The molecule has 0 aromatic carbocycles. The standard InChI is InChI=1S/C18H27N5O2/c1-12-10-23-11-13(8-9-14(23)19-12)20-15(24)6-5-7-16-21-17(22-25-16)18(2,3)4/h10,13H,5-9,11H2,1-4H3,(H,20,24)/t13-/m0/s1. The molecule has 3 rings (SSSR count). The third-order valence-electron chi connectivity index (χ3n) is 4.41. The van der Waals surface area contributed by atoms with E-state index in [1.807, 2.05) is 27.7 Å². The highest BCUT2D eigenvalue weighted by Gasteiger charge is 2.22. The molecule has 0 unspecified atom stereocenters. The fourth-order valence-electron chi connectivity index (χ4n) is 3.07. The summed E-state index contributed by atoms with van der Waals surface area (Å²) in [4.78, 5) is 21.1. The first-order valence-electron chi connectivity index (χ1n) is 8.96. The Morgan fingerprint density at radius 3 is 2.92 bits per heavy atom. The van der Waals surface area contributed by atoms with Gasteiger partial charge >= 0.3 is 0 Å². The molecule has 0 saturated carbocycles. The quantitative estimate of drug-likeness (QED) is 0.899. The van der Waals surface area contributed by atoms with Gasteiger partial charge in [-0.3, -0.25) is 4.79 Å². The number of amides is 1. The molecule has 0 aliphatic carbocycles. The second kappa shape index (κ2) is 6.98. The molecule has 1 aliphatic heterocycles. The Morgan fingerprint density at radius 2 is 2.20 bits per heavy atom. The van der Waals surface area contributed by atoms with Gasteiger partial charge in [-0.25, -0.2) is 4.98 Å². The summed E-state index contributed by atoms with van der Waals surface area (Å²) in [5.41, 5.74) is 0.918. The zero-order valence-corrected chi connectivity index (χ0v) is 15.5. The molecule has 0 radical (unpaired) electrons. The Labute approximate surface area is 148 Å². The van der Waals surface area contributed by atoms with Crippen LogP contribution in [0.3, 0.4) is 0 Å². The molecule has 3 heterocycles. The normalized spacial score (nSPS) is 17.4. The Kier molecular flexibility index (Phi) is 4.92. The molecule has 1 amide bonds. The van der Waals surface area contributed by atoms with Crippen LogP contribution in [0.5, 0.6) is 0 Å². The van der Waals surface area contributed by atoms with Crippen molar-refractivity contribution in [1.82, 2.24) is 25.0 Å². The minimum atomic E-state index is -0.120. The van der Waals surface area contributed by atoms with E-state index in [2.05, 4.69) is 31.2 Å². The first-order valence-corrected chi connectivity index (χ1v) is 8.96. The van der Waals surface area contributed by atoms with Crippen LogP contribution in [-0.2, 0) is 29.6 Å². The molecule has 0 bridgehead atoms. The number of rotatable bonds is 5. The van der Waals surface area contributed by atoms with Crippen molar-refractivity contribution in [3.63, 3.8) is 0 Å². The summed E-state index contributed by atoms with van der Waals surface area (Å²) in [6, 6.07) is 0.185. The lowest BCUT2D eigenvalue weighted by Gasteiger charge is -2.24. The van der Waals surface area contributed by atoms with Crippen LogP contribution in [-0.4, -0.2) is 31.6 Å². The number of imidazole rings is 1. The average molecular weight is 345 g/mol. The largest absolute Gasteiger partial charge is 0.352 e. The van der Waals surface area contributed by atoms with Gasteiger partial charge in [0.1, 0.15) is 5.82 Å². The third kappa shape index (κ3) is 4.46. The number of nitrogens with zero attached hydrogens (tertiary/aromatic N) is 4. The van der Waals surface area contributed by atoms with Crippen molar-refractivity contribution in [1.29, 1.82) is 0 Å². The maximum Gasteiger partial charge on any atom is 0.226 e. The van der Waals surface area contributed by atoms with Gasteiger partial charge in [0.25, 0.3) is 0 Å². The second-order valence-corrected chi connectivity index (χ2v) is 7.87. The SMILES string of the molecule is Cc1cn2c(n1)CC[C@H](NC(=O)CCCc1nc(C(C)(C)C)no1)C2. The van der Waals surface area contributed by atoms with E-state index >= 15 is 0 Å². The number of hydrogen-bond donors (Lipinski definition) is 1. The van der Waals surface area contributed by atoms with Gasteiger partial charge in [0.15, 0.2) is 5.82 Å². The number of carbonyl (C=O) groups excluding carboxylic acids is 1. The van der Waals surface area contributed by atoms with E-state index in [1.165, 1.54) is 0 Å². The fraction of sp³-hybridized carbons (Fsp3) is 0.667. The summed E-state index contributed by atoms with van der Waals surface area (Å²) in [5.74, 6) is 2.52. The molecule has 25 heavy (non-hydrogen) atoms. The summed E-state index contributed by atoms with van der Waals surface area (Å²) in [6.07, 6.45) is 5.72. The lowest BCUT2D eigenvalue weighted by molar-refractivity contribution is -0.122. The predicted molar refractivity (Wildman–Crippen MR) is 93.2 cm³/mol. The molecule has 1 atom stereocenters. The number of fused-ring (bicyclic) bond motifs is 1. The highest BCUT2D eigenvalue weighted by Crippen LogP contribution is 2.19. The molecule has 7 nitrogen and oxygen atoms in total. The van der Waals surface area contributed by atoms with E-state index in [1.54, 1.807) is 0 Å². The fourth-order valence-corrected chi connectivity index (χ4v) is 3.07. The second-order valence-electron chi connectivity index (χ2n) is 7.87. The molecule has 1 N–H and O–H groups in total. The van der Waals surface area contributed by atoms with Crippen molar-refractivity contribution in [2.75, 3.05) is 0 Å². The molecule has 1 aliphatic rings. The van der Waals surface area contributed by atoms with Gasteiger partial charge in [0.2, 0.25) is 11.8 Å². The van der Waals surface area contributed by atoms with E-state index in [9.17, 15) is 4.79 Å². The van der Waals surface area contributed by atoms with E-state index in [-0.39, 0.29) is 17.4 Å². The highest BCUT2D eigenvalue weighted by molar-refractivity contribution is 5.76. The summed E-state index contributed by atoms with van der Waals surface area (Å²) in [6.45, 7) is 8.95. The van der Waals surface area contributed by atoms with Crippen molar-refractivity contribution < 1.29 is 9.32 Å². The van der Waals surface area contributed by atoms with Crippen LogP contribution in [0.1, 0.15) is 63.3 Å². The monoisotopic (exact) mass is 345 g/mol. The van der Waals surface area contributed by atoms with Crippen LogP contribution in [0.2, 0.25) is 0 Å². The van der Waals surface area contributed by atoms with Gasteiger partial charge in [0.05, 0.1) is 5.69 Å². The molecular formula is C18H27N5O2. The van der Waals surface area contributed by atoms with Crippen molar-refractivity contribution in [2.24, 2.45) is 0 Å². The summed E-state index contributed by atoms with van der Waals surface area (Å²) < 4.78 is 7.41. The summed E-state index contributed by atoms with van der Waals surface area (Å²) >= 11 is 0. The maximum absolute atomic E-state index is 12.2. The Balaban J connectivity index is 1.42. The van der Waals surface area contributed by atoms with Crippen molar-refractivity contribution in [2.45, 2.75) is 77.8 Å². The van der Waals surface area contributed by atoms with Gasteiger partial charge in [-0.1, -0.05) is 25.9 Å². The molecule has 0 spiro atoms. The zero-order valence-electron chi connectivity index (χ0n) is 15.5. The zero-order chi connectivity index (χ0) is 18.0. The number of nitrogens with one attached hydrogen (secondary N) is 1. The molecule has 7 heteroatoms. The molecule has 2 aromatic heterocycles. The number of aryl methyl sites for hydroxylation is 3. The molecular weight excluding hydrogens is 318 g/mol. The smallest absolute Gasteiger partial charge is 0.226 e. The number of aromatic nitrogens is 4. The van der Waals surface area contributed by atoms with E-state index in [4.69, 9.17) is 4.52 Å². The Bertz CT molecular complexity index is 741. The number of hydrogen-bond acceptors (Lipinski definition) is 5. The van der Waals surface area contributed by atoms with E-state index in [0.29, 0.717) is 31.0 Å². The van der Waals surface area contributed by atoms with Crippen LogP contribution in [0.15, 0.2) is 10.7 Å². The minimum absolute atomic E-state index is 0.0841. The highest BCUT2D eigenvalue weighted by atomic mass is 16.5. The van der Waals surface area contributed by atoms with Crippen molar-refractivity contribution in [3.8, 4) is 0 Å². The molecule has 2 aromatic rings. The summed E-state index contributed by atoms with van der Waals surface area (Å²) in [7, 11) is 0. The maximum atomic E-state index is 12.2. The molecule has 0 saturated heterocycles. The average Bonchev–Trinajstić information content (AvgIpc) is 3.12. The predicted octanol–water partition coefficient (Wildman–Crippen LogP) is 2.33. The van der Waals surface area contributed by atoms with Gasteiger partial charge in [0, 0.05) is 43.5 Å². The van der Waals surface area contributed by atoms with Crippen molar-refractivity contribution in [3.05, 3.63) is 29.4 Å². The van der Waals surface area contributed by atoms with E-state index in [0.717, 1.165) is 30.9 Å². The van der Waals surface area contributed by atoms with Gasteiger partial charge in [-0.2, -0.15) is 4.98 Å². The van der Waals surface area contributed by atoms with Crippen LogP contribution < -0.4 is 5.32 Å². The Hall–Kier alpha value is -2.18. The van der Waals surface area contributed by atoms with Gasteiger partial charge < -0.3 is 14.4 Å². The third-order valence-corrected chi connectivity index (χ3v) is 4.41. The van der Waals surface area contributed by atoms with Crippen LogP contribution in [0.25, 0.3) is 0 Å². The van der Waals surface area contributed by atoms with Crippen molar-refractivity contribution >= 4 is 5.91 Å². The van der Waals surface area contributed by atoms with Crippen LogP contribution >= 0.6 is 0 Å². The van der Waals surface area contributed by atoms with Gasteiger partial charge in [-0.05, 0) is 19.8 Å². The van der Waals surface area contributed by atoms with Crippen LogP contribution in [0.4, 0.5) is 0 Å². The first kappa shape index (κ1) is 17.6. The minimum Gasteiger partial charge on any atom is -0.352 e. The lowest BCUT2D eigenvalue weighted by atomic mass is 9.96. The topological polar surface area (TPSA) is 85.8 Å². The first-order chi connectivity index (χ1) is 11.8. The van der Waals surface area contributed by atoms with Crippen LogP contribution in [0, 0.1) is 6.92 Å². The van der Waals surface area contributed by atoms with E-state index < -0.39 is 0 Å². The van der Waals surface area contributed by atoms with Gasteiger partial charge in [-0.15, -0.1) is 0 Å². The molecule has 0 fully saturated rings.